The van der Waals surface area contributed by atoms with E-state index in [9.17, 15) is 18.0 Å². The molecule has 0 N–H and O–H groups in total. The van der Waals surface area contributed by atoms with Crippen LogP contribution in [0.3, 0.4) is 0 Å². The van der Waals surface area contributed by atoms with Gasteiger partial charge >= 0.3 is 6.18 Å². The molecule has 3 rings (SSSR count). The number of amides is 1. The summed E-state index contributed by atoms with van der Waals surface area (Å²) in [5, 5.41) is 0. The van der Waals surface area contributed by atoms with E-state index in [1.807, 2.05) is 24.3 Å². The number of likely N-dealkylation sites (tertiary alicyclic amines) is 1. The summed E-state index contributed by atoms with van der Waals surface area (Å²) in [4.78, 5) is 14.4. The van der Waals surface area contributed by atoms with Gasteiger partial charge in [-0.3, -0.25) is 4.79 Å². The smallest absolute Gasteiger partial charge is 0.416 e. The van der Waals surface area contributed by atoms with Crippen molar-refractivity contribution in [1.29, 1.82) is 0 Å². The molecule has 1 aliphatic rings. The van der Waals surface area contributed by atoms with Crippen molar-refractivity contribution in [2.45, 2.75) is 25.1 Å². The highest BCUT2D eigenvalue weighted by Gasteiger charge is 2.30. The topological polar surface area (TPSA) is 29.5 Å². The predicted octanol–water partition coefficient (Wildman–Crippen LogP) is 5.09. The Balaban J connectivity index is 1.73. The number of carbonyl (C=O) groups is 1. The van der Waals surface area contributed by atoms with Crippen LogP contribution in [-0.4, -0.2) is 24.5 Å². The van der Waals surface area contributed by atoms with E-state index in [1.165, 1.54) is 18.2 Å². The molecule has 0 radical (unpaired) electrons. The minimum absolute atomic E-state index is 0.0328. The van der Waals surface area contributed by atoms with Gasteiger partial charge in [0, 0.05) is 12.6 Å². The van der Waals surface area contributed by atoms with Crippen LogP contribution in [0.4, 0.5) is 13.2 Å². The first-order valence-corrected chi connectivity index (χ1v) is 8.68. The molecule has 1 atom stereocenters. The lowest BCUT2D eigenvalue weighted by Gasteiger charge is -2.24. The summed E-state index contributed by atoms with van der Waals surface area (Å²) >= 11 is 0. The van der Waals surface area contributed by atoms with Crippen LogP contribution in [0.2, 0.25) is 0 Å². The molecule has 2 aromatic rings. The van der Waals surface area contributed by atoms with Gasteiger partial charge in [-0.25, -0.2) is 0 Å². The average Bonchev–Trinajstić information content (AvgIpc) is 3.15. The van der Waals surface area contributed by atoms with Gasteiger partial charge in [-0.05, 0) is 54.3 Å². The second-order valence-corrected chi connectivity index (χ2v) is 6.42. The zero-order valence-corrected chi connectivity index (χ0v) is 14.9. The van der Waals surface area contributed by atoms with E-state index in [0.29, 0.717) is 12.1 Å². The number of ether oxygens (including phenoxy) is 1. The first-order valence-electron chi connectivity index (χ1n) is 8.68. The number of benzene rings is 2. The lowest BCUT2D eigenvalue weighted by molar-refractivity contribution is -0.137. The Morgan fingerprint density at radius 1 is 1.19 bits per heavy atom. The Morgan fingerprint density at radius 2 is 1.93 bits per heavy atom. The van der Waals surface area contributed by atoms with Crippen LogP contribution in [-0.2, 0) is 11.0 Å². The zero-order valence-electron chi connectivity index (χ0n) is 14.9. The van der Waals surface area contributed by atoms with Gasteiger partial charge in [-0.15, -0.1) is 0 Å². The highest BCUT2D eigenvalue weighted by Crippen LogP contribution is 2.33. The fourth-order valence-electron chi connectivity index (χ4n) is 3.29. The molecular formula is C21H20F3NO2. The standard InChI is InChI=1S/C21H20F3NO2/c1-27-18-10-8-16(9-11-18)19-6-3-13-25(19)20(26)12-7-15-4-2-5-17(14-15)21(22,23)24/h2,4-5,7-12,14,19H,3,6,13H2,1H3/b12-7+. The molecule has 1 aliphatic heterocycles. The van der Waals surface area contributed by atoms with Crippen molar-refractivity contribution in [3.05, 3.63) is 71.3 Å². The van der Waals surface area contributed by atoms with Gasteiger partial charge in [0.1, 0.15) is 5.75 Å². The van der Waals surface area contributed by atoms with Crippen molar-refractivity contribution >= 4 is 12.0 Å². The molecule has 142 valence electrons. The normalized spacial score (nSPS) is 17.5. The number of hydrogen-bond acceptors (Lipinski definition) is 2. The van der Waals surface area contributed by atoms with Crippen LogP contribution in [0.1, 0.15) is 35.6 Å². The molecule has 27 heavy (non-hydrogen) atoms. The van der Waals surface area contributed by atoms with E-state index in [1.54, 1.807) is 18.1 Å². The highest BCUT2D eigenvalue weighted by molar-refractivity contribution is 5.92. The fraction of sp³-hybridized carbons (Fsp3) is 0.286. The van der Waals surface area contributed by atoms with Gasteiger partial charge in [0.2, 0.25) is 5.91 Å². The van der Waals surface area contributed by atoms with Crippen LogP contribution in [0.25, 0.3) is 6.08 Å². The highest BCUT2D eigenvalue weighted by atomic mass is 19.4. The lowest BCUT2D eigenvalue weighted by Crippen LogP contribution is -2.28. The van der Waals surface area contributed by atoms with Gasteiger partial charge in [0.15, 0.2) is 0 Å². The van der Waals surface area contributed by atoms with Gasteiger partial charge in [-0.1, -0.05) is 24.3 Å². The third kappa shape index (κ3) is 4.51. The van der Waals surface area contributed by atoms with E-state index >= 15 is 0 Å². The van der Waals surface area contributed by atoms with Gasteiger partial charge in [0.25, 0.3) is 0 Å². The molecule has 1 amide bonds. The quantitative estimate of drug-likeness (QED) is 0.697. The largest absolute Gasteiger partial charge is 0.497 e. The van der Waals surface area contributed by atoms with Crippen molar-refractivity contribution < 1.29 is 22.7 Å². The molecule has 1 fully saturated rings. The third-order valence-electron chi connectivity index (χ3n) is 4.67. The van der Waals surface area contributed by atoms with Crippen LogP contribution >= 0.6 is 0 Å². The molecule has 0 spiro atoms. The van der Waals surface area contributed by atoms with Crippen molar-refractivity contribution in [3.8, 4) is 5.75 Å². The molecule has 0 aromatic heterocycles. The van der Waals surface area contributed by atoms with Crippen molar-refractivity contribution in [3.63, 3.8) is 0 Å². The van der Waals surface area contributed by atoms with E-state index in [2.05, 4.69) is 0 Å². The summed E-state index contributed by atoms with van der Waals surface area (Å²) in [5.74, 6) is 0.546. The summed E-state index contributed by atoms with van der Waals surface area (Å²) in [6.07, 6.45) is 0.121. The number of nitrogens with zero attached hydrogens (tertiary/aromatic N) is 1. The second-order valence-electron chi connectivity index (χ2n) is 6.42. The fourth-order valence-corrected chi connectivity index (χ4v) is 3.29. The SMILES string of the molecule is COc1ccc(C2CCCN2C(=O)/C=C/c2cccc(C(F)(F)F)c2)cc1. The average molecular weight is 375 g/mol. The van der Waals surface area contributed by atoms with Crippen molar-refractivity contribution in [2.24, 2.45) is 0 Å². The van der Waals surface area contributed by atoms with Crippen LogP contribution in [0.15, 0.2) is 54.6 Å². The van der Waals surface area contributed by atoms with Crippen LogP contribution in [0.5, 0.6) is 5.75 Å². The Labute approximate surface area is 156 Å². The van der Waals surface area contributed by atoms with Gasteiger partial charge in [-0.2, -0.15) is 13.2 Å². The third-order valence-corrected chi connectivity index (χ3v) is 4.67. The molecular weight excluding hydrogens is 355 g/mol. The molecule has 1 unspecified atom stereocenters. The summed E-state index contributed by atoms with van der Waals surface area (Å²) in [6, 6.07) is 12.5. The summed E-state index contributed by atoms with van der Waals surface area (Å²) in [6.45, 7) is 0.627. The Bertz CT molecular complexity index is 828. The van der Waals surface area contributed by atoms with Crippen molar-refractivity contribution in [1.82, 2.24) is 4.90 Å². The summed E-state index contributed by atoms with van der Waals surface area (Å²) in [5.41, 5.74) is 0.641. The maximum absolute atomic E-state index is 12.8. The number of hydrogen-bond donors (Lipinski definition) is 0. The minimum atomic E-state index is -4.40. The number of rotatable bonds is 4. The Kier molecular flexibility index (Phi) is 5.54. The Hall–Kier alpha value is -2.76. The molecule has 6 heteroatoms. The van der Waals surface area contributed by atoms with Crippen LogP contribution in [0, 0.1) is 0 Å². The number of carbonyl (C=O) groups excluding carboxylic acids is 1. The maximum Gasteiger partial charge on any atom is 0.416 e. The van der Waals surface area contributed by atoms with E-state index in [0.717, 1.165) is 36.3 Å². The summed E-state index contributed by atoms with van der Waals surface area (Å²) < 4.78 is 43.5. The summed E-state index contributed by atoms with van der Waals surface area (Å²) in [7, 11) is 1.60. The number of methoxy groups -OCH3 is 1. The molecule has 1 heterocycles. The first-order chi connectivity index (χ1) is 12.9. The zero-order chi connectivity index (χ0) is 19.4. The molecule has 2 aromatic carbocycles. The monoisotopic (exact) mass is 375 g/mol. The molecule has 1 saturated heterocycles. The predicted molar refractivity (Wildman–Crippen MR) is 97.2 cm³/mol. The number of halogens is 3. The molecule has 3 nitrogen and oxygen atoms in total. The Morgan fingerprint density at radius 3 is 2.59 bits per heavy atom. The van der Waals surface area contributed by atoms with Gasteiger partial charge in [0.05, 0.1) is 18.7 Å². The first kappa shape index (κ1) is 19.0. The second kappa shape index (κ2) is 7.86. The van der Waals surface area contributed by atoms with E-state index in [-0.39, 0.29) is 11.9 Å². The van der Waals surface area contributed by atoms with E-state index < -0.39 is 11.7 Å². The lowest BCUT2D eigenvalue weighted by atomic mass is 10.0. The molecule has 0 aliphatic carbocycles. The minimum Gasteiger partial charge on any atom is -0.497 e. The molecule has 0 saturated carbocycles. The van der Waals surface area contributed by atoms with Gasteiger partial charge < -0.3 is 9.64 Å². The van der Waals surface area contributed by atoms with E-state index in [4.69, 9.17) is 4.74 Å². The number of alkyl halides is 3. The van der Waals surface area contributed by atoms with Crippen LogP contribution < -0.4 is 4.74 Å². The molecule has 0 bridgehead atoms. The maximum atomic E-state index is 12.8. The van der Waals surface area contributed by atoms with Crippen molar-refractivity contribution in [2.75, 3.05) is 13.7 Å².